The van der Waals surface area contributed by atoms with Gasteiger partial charge < -0.3 is 10.1 Å². The second-order valence-corrected chi connectivity index (χ2v) is 8.71. The van der Waals surface area contributed by atoms with E-state index in [-0.39, 0.29) is 0 Å². The number of fused-ring (bicyclic) bond motifs is 7. The number of phenolic OH excluding ortho intramolecular Hbond substituents is 1. The Bertz CT molecular complexity index is 1660. The van der Waals surface area contributed by atoms with Crippen LogP contribution in [0.15, 0.2) is 109 Å². The number of aromatic nitrogens is 1. The van der Waals surface area contributed by atoms with Crippen LogP contribution < -0.4 is 0 Å². The smallest absolute Gasteiger partial charge is 0.120 e. The van der Waals surface area contributed by atoms with Crippen molar-refractivity contribution in [2.45, 2.75) is 11.8 Å². The molecule has 2 heteroatoms. The fourth-order valence-electron chi connectivity index (χ4n) is 5.68. The molecule has 0 saturated carbocycles. The highest BCUT2D eigenvalue weighted by molar-refractivity contribution is 6.11. The molecule has 2 N–H and O–H groups in total. The Hall–Kier alpha value is -4.48. The van der Waals surface area contributed by atoms with E-state index in [9.17, 15) is 5.11 Å². The van der Waals surface area contributed by atoms with Crippen LogP contribution >= 0.6 is 0 Å². The minimum atomic E-state index is -0.557. The number of rotatable bonds is 4. The minimum absolute atomic E-state index is 0.297. The van der Waals surface area contributed by atoms with Gasteiger partial charge >= 0.3 is 0 Å². The molecule has 5 aromatic rings. The van der Waals surface area contributed by atoms with Crippen LogP contribution in [0.5, 0.6) is 5.75 Å². The number of hydrogen-bond acceptors (Lipinski definition) is 1. The average molecular weight is 438 g/mol. The molecule has 0 radical (unpaired) electrons. The predicted molar refractivity (Wildman–Crippen MR) is 141 cm³/mol. The van der Waals surface area contributed by atoms with E-state index in [4.69, 9.17) is 6.42 Å². The van der Waals surface area contributed by atoms with Crippen LogP contribution in [0.2, 0.25) is 0 Å². The molecule has 34 heavy (non-hydrogen) atoms. The molecule has 0 aliphatic heterocycles. The van der Waals surface area contributed by atoms with Crippen LogP contribution in [0.4, 0.5) is 0 Å². The number of H-pyrrole nitrogens is 1. The van der Waals surface area contributed by atoms with E-state index in [0.717, 1.165) is 16.6 Å². The lowest BCUT2D eigenvalue weighted by molar-refractivity contribution is 0.454. The summed E-state index contributed by atoms with van der Waals surface area (Å²) in [7, 11) is 0. The topological polar surface area (TPSA) is 36.0 Å². The van der Waals surface area contributed by atoms with Gasteiger partial charge in [0.25, 0.3) is 0 Å². The van der Waals surface area contributed by atoms with Gasteiger partial charge in [0.1, 0.15) is 5.75 Å². The van der Waals surface area contributed by atoms with Crippen LogP contribution in [0.3, 0.4) is 0 Å². The Balaban J connectivity index is 1.75. The molecule has 1 aliphatic rings. The lowest BCUT2D eigenvalue weighted by Crippen LogP contribution is -2.27. The number of terminal acetylenes is 1. The molecule has 162 valence electrons. The SMILES string of the molecule is C#C/C=C\C=C/CC1(c2ccccc2O)c2ccccc2-c2ccc3c([nH]c4ccccc43)c21. The highest BCUT2D eigenvalue weighted by atomic mass is 16.3. The monoisotopic (exact) mass is 437 g/mol. The summed E-state index contributed by atoms with van der Waals surface area (Å²) in [6.07, 6.45) is 13.8. The van der Waals surface area contributed by atoms with Gasteiger partial charge in [-0.25, -0.2) is 0 Å². The number of nitrogens with one attached hydrogen (secondary N) is 1. The largest absolute Gasteiger partial charge is 0.508 e. The quantitative estimate of drug-likeness (QED) is 0.222. The third-order valence-electron chi connectivity index (χ3n) is 7.01. The van der Waals surface area contributed by atoms with Gasteiger partial charge in [-0.05, 0) is 46.9 Å². The normalized spacial score (nSPS) is 16.9. The first kappa shape index (κ1) is 20.1. The number of aromatic hydroxyl groups is 1. The van der Waals surface area contributed by atoms with Crippen LogP contribution in [-0.4, -0.2) is 10.1 Å². The maximum absolute atomic E-state index is 11.2. The summed E-state index contributed by atoms with van der Waals surface area (Å²) in [5, 5.41) is 13.6. The van der Waals surface area contributed by atoms with E-state index in [1.54, 1.807) is 12.1 Å². The second kappa shape index (κ2) is 7.83. The van der Waals surface area contributed by atoms with Crippen molar-refractivity contribution < 1.29 is 5.11 Å². The van der Waals surface area contributed by atoms with E-state index >= 15 is 0 Å². The zero-order valence-electron chi connectivity index (χ0n) is 18.6. The van der Waals surface area contributed by atoms with Crippen LogP contribution in [0, 0.1) is 12.3 Å². The van der Waals surface area contributed by atoms with Crippen molar-refractivity contribution in [2.24, 2.45) is 0 Å². The maximum atomic E-state index is 11.2. The molecule has 0 spiro atoms. The van der Waals surface area contributed by atoms with Gasteiger partial charge in [-0.1, -0.05) is 96.9 Å². The van der Waals surface area contributed by atoms with Gasteiger partial charge in [-0.15, -0.1) is 6.42 Å². The maximum Gasteiger partial charge on any atom is 0.120 e. The molecule has 2 nitrogen and oxygen atoms in total. The summed E-state index contributed by atoms with van der Waals surface area (Å²) in [5.41, 5.74) is 7.37. The third-order valence-corrected chi connectivity index (χ3v) is 7.01. The second-order valence-electron chi connectivity index (χ2n) is 8.71. The van der Waals surface area contributed by atoms with Gasteiger partial charge in [-0.3, -0.25) is 0 Å². The molecular weight excluding hydrogens is 414 g/mol. The standard InChI is InChI=1S/C32H23NO/c1-2-3-4-5-12-21-32(27-16-9-11-18-29(27)34)26-15-8-6-13-22(26)24-19-20-25-23-14-7-10-17-28(23)33-31(25)30(24)32/h1,3-20,33-34H,21H2/b4-3-,12-5-. The van der Waals surface area contributed by atoms with Crippen molar-refractivity contribution in [3.63, 3.8) is 0 Å². The summed E-state index contributed by atoms with van der Waals surface area (Å²) in [5.74, 6) is 2.84. The van der Waals surface area contributed by atoms with Gasteiger partial charge in [0.05, 0.1) is 10.9 Å². The van der Waals surface area contributed by atoms with E-state index in [1.165, 1.54) is 33.0 Å². The van der Waals surface area contributed by atoms with E-state index in [0.29, 0.717) is 12.2 Å². The number of benzene rings is 4. The molecule has 0 fully saturated rings. The van der Waals surface area contributed by atoms with E-state index in [2.05, 4.69) is 77.6 Å². The molecule has 1 unspecified atom stereocenters. The fraction of sp³-hybridized carbons (Fsp3) is 0.0625. The molecule has 6 rings (SSSR count). The van der Waals surface area contributed by atoms with Crippen molar-refractivity contribution in [1.29, 1.82) is 0 Å². The Kier molecular flexibility index (Phi) is 4.64. The van der Waals surface area contributed by atoms with Crippen molar-refractivity contribution >= 4 is 21.8 Å². The number of para-hydroxylation sites is 2. The zero-order valence-corrected chi connectivity index (χ0v) is 18.6. The van der Waals surface area contributed by atoms with Gasteiger partial charge in [-0.2, -0.15) is 0 Å². The number of aromatic amines is 1. The minimum Gasteiger partial charge on any atom is -0.508 e. The predicted octanol–water partition coefficient (Wildman–Crippen LogP) is 7.48. The molecule has 0 saturated heterocycles. The Morgan fingerprint density at radius 1 is 0.794 bits per heavy atom. The highest BCUT2D eigenvalue weighted by Gasteiger charge is 2.46. The van der Waals surface area contributed by atoms with Gasteiger partial charge in [0.15, 0.2) is 0 Å². The number of phenols is 1. The lowest BCUT2D eigenvalue weighted by Gasteiger charge is -2.33. The summed E-state index contributed by atoms with van der Waals surface area (Å²) in [6, 6.07) is 29.1. The first-order valence-electron chi connectivity index (χ1n) is 11.5. The van der Waals surface area contributed by atoms with E-state index in [1.807, 2.05) is 30.4 Å². The fourth-order valence-corrected chi connectivity index (χ4v) is 5.68. The third kappa shape index (κ3) is 2.77. The van der Waals surface area contributed by atoms with Crippen molar-refractivity contribution in [3.8, 4) is 29.2 Å². The van der Waals surface area contributed by atoms with E-state index < -0.39 is 5.41 Å². The molecule has 1 aromatic heterocycles. The van der Waals surface area contributed by atoms with Crippen molar-refractivity contribution in [1.82, 2.24) is 4.98 Å². The number of allylic oxidation sites excluding steroid dienone is 4. The number of hydrogen-bond donors (Lipinski definition) is 2. The first-order chi connectivity index (χ1) is 16.8. The molecule has 4 aromatic carbocycles. The Morgan fingerprint density at radius 3 is 2.41 bits per heavy atom. The molecule has 1 atom stereocenters. The summed E-state index contributed by atoms with van der Waals surface area (Å²) >= 11 is 0. The Labute approximate surface area is 198 Å². The Morgan fingerprint density at radius 2 is 1.56 bits per heavy atom. The summed E-state index contributed by atoms with van der Waals surface area (Å²) in [6.45, 7) is 0. The van der Waals surface area contributed by atoms with Crippen LogP contribution in [0.1, 0.15) is 23.1 Å². The zero-order chi connectivity index (χ0) is 23.1. The highest BCUT2D eigenvalue weighted by Crippen LogP contribution is 2.58. The molecule has 0 bridgehead atoms. The van der Waals surface area contributed by atoms with Gasteiger partial charge in [0.2, 0.25) is 0 Å². The molecule has 0 amide bonds. The van der Waals surface area contributed by atoms with Crippen molar-refractivity contribution in [2.75, 3.05) is 0 Å². The molecule has 1 heterocycles. The van der Waals surface area contributed by atoms with Crippen LogP contribution in [0.25, 0.3) is 32.9 Å². The first-order valence-corrected chi connectivity index (χ1v) is 11.5. The van der Waals surface area contributed by atoms with Crippen LogP contribution in [-0.2, 0) is 5.41 Å². The summed E-state index contributed by atoms with van der Waals surface area (Å²) in [4.78, 5) is 3.72. The molecule has 1 aliphatic carbocycles. The lowest BCUT2D eigenvalue weighted by atomic mass is 9.69. The molecular formula is C32H23NO. The summed E-state index contributed by atoms with van der Waals surface area (Å²) < 4.78 is 0. The van der Waals surface area contributed by atoms with Crippen molar-refractivity contribution in [3.05, 3.63) is 126 Å². The average Bonchev–Trinajstić information content (AvgIpc) is 3.38. The van der Waals surface area contributed by atoms with Gasteiger partial charge in [0, 0.05) is 21.9 Å².